The van der Waals surface area contributed by atoms with Gasteiger partial charge in [0.05, 0.1) is 15.7 Å². The van der Waals surface area contributed by atoms with Gasteiger partial charge in [-0.15, -0.1) is 0 Å². The molecule has 20 heavy (non-hydrogen) atoms. The average Bonchev–Trinajstić information content (AvgIpc) is 2.20. The van der Waals surface area contributed by atoms with E-state index in [1.807, 2.05) is 27.7 Å². The zero-order valence-corrected chi connectivity index (χ0v) is 13.3. The maximum atomic E-state index is 11.6. The number of rotatable bonds is 1. The number of aryl methyl sites for hydroxylation is 1. The van der Waals surface area contributed by atoms with Crippen LogP contribution in [-0.2, 0) is 0 Å². The van der Waals surface area contributed by atoms with E-state index in [4.69, 9.17) is 28.6 Å². The van der Waals surface area contributed by atoms with E-state index in [9.17, 15) is 4.79 Å². The second-order valence-corrected chi connectivity index (χ2v) is 6.25. The van der Waals surface area contributed by atoms with Crippen molar-refractivity contribution in [2.24, 2.45) is 0 Å². The first kappa shape index (κ1) is 16.6. The molecule has 0 fully saturated rings. The predicted molar refractivity (Wildman–Crippen MR) is 84.0 cm³/mol. The van der Waals surface area contributed by atoms with Gasteiger partial charge in [-0.05, 0) is 45.4 Å². The lowest BCUT2D eigenvalue weighted by molar-refractivity contribution is 0.236. The Balaban J connectivity index is 2.70. The highest BCUT2D eigenvalue weighted by atomic mass is 35.5. The third-order valence-corrected chi connectivity index (χ3v) is 2.76. The predicted octanol–water partition coefficient (Wildman–Crippen LogP) is 3.75. The van der Waals surface area contributed by atoms with Crippen LogP contribution in [0.3, 0.4) is 0 Å². The molecule has 0 bridgehead atoms. The SMILES string of the molecule is Cc1cc(Cl)c(NC(=N)NC(=O)NC(C)(C)C)c(Cl)c1. The molecule has 4 N–H and O–H groups in total. The van der Waals surface area contributed by atoms with Gasteiger partial charge in [0.25, 0.3) is 0 Å². The van der Waals surface area contributed by atoms with Crippen LogP contribution in [0.1, 0.15) is 26.3 Å². The number of halogens is 2. The number of hydrogen-bond donors (Lipinski definition) is 4. The monoisotopic (exact) mass is 316 g/mol. The van der Waals surface area contributed by atoms with Crippen LogP contribution >= 0.6 is 23.2 Å². The normalized spacial score (nSPS) is 10.9. The van der Waals surface area contributed by atoms with Crippen molar-refractivity contribution < 1.29 is 4.79 Å². The molecule has 1 rings (SSSR count). The Morgan fingerprint density at radius 3 is 2.15 bits per heavy atom. The van der Waals surface area contributed by atoms with Crippen LogP contribution in [0.25, 0.3) is 0 Å². The molecule has 0 aliphatic heterocycles. The van der Waals surface area contributed by atoms with Crippen molar-refractivity contribution in [2.75, 3.05) is 5.32 Å². The minimum Gasteiger partial charge on any atom is -0.333 e. The van der Waals surface area contributed by atoms with Crippen LogP contribution in [0.5, 0.6) is 0 Å². The van der Waals surface area contributed by atoms with Crippen LogP contribution in [0, 0.1) is 12.3 Å². The standard InChI is InChI=1S/C13H18Cl2N4O/c1-7-5-8(14)10(9(15)6-7)17-11(16)18-12(20)19-13(2,3)4/h5-6H,1-4H3,(H4,16,17,18,19,20). The Bertz CT molecular complexity index is 515. The average molecular weight is 317 g/mol. The minimum absolute atomic E-state index is 0.209. The Morgan fingerprint density at radius 1 is 1.20 bits per heavy atom. The van der Waals surface area contributed by atoms with Crippen molar-refractivity contribution >= 4 is 40.9 Å². The van der Waals surface area contributed by atoms with Gasteiger partial charge in [-0.3, -0.25) is 10.7 Å². The van der Waals surface area contributed by atoms with E-state index in [1.54, 1.807) is 12.1 Å². The molecule has 0 unspecified atom stereocenters. The fourth-order valence-electron chi connectivity index (χ4n) is 1.46. The summed E-state index contributed by atoms with van der Waals surface area (Å²) >= 11 is 12.1. The molecule has 7 heteroatoms. The van der Waals surface area contributed by atoms with E-state index in [0.717, 1.165) is 5.56 Å². The molecule has 2 amide bonds. The number of guanidine groups is 1. The third kappa shape index (κ3) is 5.27. The quantitative estimate of drug-likeness (QED) is 0.470. The first-order valence-corrected chi connectivity index (χ1v) is 6.74. The van der Waals surface area contributed by atoms with Gasteiger partial charge in [0.15, 0.2) is 0 Å². The van der Waals surface area contributed by atoms with Gasteiger partial charge in [0, 0.05) is 5.54 Å². The van der Waals surface area contributed by atoms with Gasteiger partial charge in [-0.2, -0.15) is 0 Å². The lowest BCUT2D eigenvalue weighted by atomic mass is 10.1. The van der Waals surface area contributed by atoms with Crippen molar-refractivity contribution in [1.82, 2.24) is 10.6 Å². The molecular weight excluding hydrogens is 299 g/mol. The zero-order valence-electron chi connectivity index (χ0n) is 11.8. The molecule has 0 aromatic heterocycles. The smallest absolute Gasteiger partial charge is 0.321 e. The first-order chi connectivity index (χ1) is 9.08. The van der Waals surface area contributed by atoms with E-state index >= 15 is 0 Å². The van der Waals surface area contributed by atoms with Gasteiger partial charge < -0.3 is 10.6 Å². The van der Waals surface area contributed by atoms with E-state index in [1.165, 1.54) is 0 Å². The molecule has 1 aromatic rings. The van der Waals surface area contributed by atoms with Crippen LogP contribution in [0.4, 0.5) is 10.5 Å². The van der Waals surface area contributed by atoms with Crippen molar-refractivity contribution in [3.05, 3.63) is 27.7 Å². The zero-order chi connectivity index (χ0) is 15.5. The number of hydrogen-bond acceptors (Lipinski definition) is 2. The van der Waals surface area contributed by atoms with Gasteiger partial charge in [0.1, 0.15) is 0 Å². The highest BCUT2D eigenvalue weighted by molar-refractivity contribution is 6.40. The second kappa shape index (κ2) is 6.33. The molecule has 0 aliphatic rings. The van der Waals surface area contributed by atoms with Crippen LogP contribution in [0.2, 0.25) is 10.0 Å². The summed E-state index contributed by atoms with van der Waals surface area (Å²) < 4.78 is 0. The highest BCUT2D eigenvalue weighted by Gasteiger charge is 2.15. The van der Waals surface area contributed by atoms with E-state index < -0.39 is 6.03 Å². The molecule has 110 valence electrons. The summed E-state index contributed by atoms with van der Waals surface area (Å²) in [6.45, 7) is 7.40. The lowest BCUT2D eigenvalue weighted by Crippen LogP contribution is -2.49. The molecule has 0 spiro atoms. The molecule has 5 nitrogen and oxygen atoms in total. The Kier molecular flexibility index (Phi) is 5.25. The fourth-order valence-corrected chi connectivity index (χ4v) is 2.15. The number of carbonyl (C=O) groups is 1. The van der Waals surface area contributed by atoms with Gasteiger partial charge >= 0.3 is 6.03 Å². The van der Waals surface area contributed by atoms with E-state index in [-0.39, 0.29) is 11.5 Å². The molecule has 0 saturated carbocycles. The number of nitrogens with one attached hydrogen (secondary N) is 4. The number of anilines is 1. The molecular formula is C13H18Cl2N4O. The summed E-state index contributed by atoms with van der Waals surface area (Å²) in [6, 6.07) is 2.96. The van der Waals surface area contributed by atoms with Crippen molar-refractivity contribution in [3.63, 3.8) is 0 Å². The number of benzene rings is 1. The Hall–Kier alpha value is -1.46. The fraction of sp³-hybridized carbons (Fsp3) is 0.385. The summed E-state index contributed by atoms with van der Waals surface area (Å²) in [5.41, 5.74) is 0.916. The molecule has 0 atom stereocenters. The molecule has 0 heterocycles. The Morgan fingerprint density at radius 2 is 1.70 bits per heavy atom. The molecule has 0 saturated heterocycles. The number of amides is 2. The van der Waals surface area contributed by atoms with Crippen LogP contribution in [0.15, 0.2) is 12.1 Å². The van der Waals surface area contributed by atoms with Gasteiger partial charge in [0.2, 0.25) is 5.96 Å². The van der Waals surface area contributed by atoms with E-state index in [0.29, 0.717) is 15.7 Å². The summed E-state index contributed by atoms with van der Waals surface area (Å²) in [7, 11) is 0. The summed E-state index contributed by atoms with van der Waals surface area (Å²) in [5, 5.41) is 16.2. The summed E-state index contributed by atoms with van der Waals surface area (Å²) in [5.74, 6) is -0.209. The largest absolute Gasteiger partial charge is 0.333 e. The third-order valence-electron chi connectivity index (χ3n) is 2.16. The second-order valence-electron chi connectivity index (χ2n) is 5.43. The van der Waals surface area contributed by atoms with E-state index in [2.05, 4.69) is 16.0 Å². The summed E-state index contributed by atoms with van der Waals surface area (Å²) in [6.07, 6.45) is 0. The van der Waals surface area contributed by atoms with Gasteiger partial charge in [-0.25, -0.2) is 4.79 Å². The maximum Gasteiger partial charge on any atom is 0.321 e. The van der Waals surface area contributed by atoms with Crippen molar-refractivity contribution in [1.29, 1.82) is 5.41 Å². The van der Waals surface area contributed by atoms with Crippen LogP contribution < -0.4 is 16.0 Å². The minimum atomic E-state index is -0.477. The Labute approximate surface area is 128 Å². The topological polar surface area (TPSA) is 77.0 Å². The van der Waals surface area contributed by atoms with Crippen molar-refractivity contribution in [2.45, 2.75) is 33.2 Å². The summed E-state index contributed by atoms with van der Waals surface area (Å²) in [4.78, 5) is 11.6. The molecule has 0 radical (unpaired) electrons. The molecule has 1 aromatic carbocycles. The van der Waals surface area contributed by atoms with Gasteiger partial charge in [-0.1, -0.05) is 23.2 Å². The highest BCUT2D eigenvalue weighted by Crippen LogP contribution is 2.31. The molecule has 0 aliphatic carbocycles. The first-order valence-electron chi connectivity index (χ1n) is 5.99. The van der Waals surface area contributed by atoms with Crippen LogP contribution in [-0.4, -0.2) is 17.5 Å². The maximum absolute atomic E-state index is 11.6. The number of carbonyl (C=O) groups excluding carboxylic acids is 1. The lowest BCUT2D eigenvalue weighted by Gasteiger charge is -2.21. The number of urea groups is 1. The van der Waals surface area contributed by atoms with Crippen molar-refractivity contribution in [3.8, 4) is 0 Å².